The zero-order valence-electron chi connectivity index (χ0n) is 8.87. The van der Waals surface area contributed by atoms with Gasteiger partial charge in [0.1, 0.15) is 6.04 Å². The third kappa shape index (κ3) is 2.75. The maximum absolute atomic E-state index is 10.8. The van der Waals surface area contributed by atoms with Crippen molar-refractivity contribution in [1.82, 2.24) is 0 Å². The van der Waals surface area contributed by atoms with Gasteiger partial charge in [-0.2, -0.15) is 0 Å². The summed E-state index contributed by atoms with van der Waals surface area (Å²) in [6.45, 7) is 0. The normalized spacial score (nSPS) is 12.3. The molecule has 3 N–H and O–H groups in total. The molecule has 0 saturated heterocycles. The molecule has 88 valence electrons. The van der Waals surface area contributed by atoms with E-state index in [2.05, 4.69) is 31.9 Å². The summed E-state index contributed by atoms with van der Waals surface area (Å²) in [5, 5.41) is 8.83. The minimum Gasteiger partial charge on any atom is -0.480 e. The van der Waals surface area contributed by atoms with Crippen molar-refractivity contribution in [2.24, 2.45) is 5.73 Å². The highest BCUT2D eigenvalue weighted by molar-refractivity contribution is 9.11. The quantitative estimate of drug-likeness (QED) is 0.877. The van der Waals surface area contributed by atoms with Gasteiger partial charge in [-0.05, 0) is 49.6 Å². The van der Waals surface area contributed by atoms with Crippen molar-refractivity contribution in [1.29, 1.82) is 0 Å². The van der Waals surface area contributed by atoms with Gasteiger partial charge >= 0.3 is 5.97 Å². The van der Waals surface area contributed by atoms with Gasteiger partial charge in [0.25, 0.3) is 0 Å². The average molecular weight is 352 g/mol. The van der Waals surface area contributed by atoms with E-state index in [1.54, 1.807) is 12.1 Å². The Hall–Kier alpha value is -0.590. The largest absolute Gasteiger partial charge is 0.480 e. The second kappa shape index (κ2) is 5.16. The molecule has 1 atom stereocenters. The number of carbonyl (C=O) groups is 1. The Balaban J connectivity index is 3.24. The van der Waals surface area contributed by atoms with Crippen LogP contribution in [0.4, 0.5) is 5.69 Å². The summed E-state index contributed by atoms with van der Waals surface area (Å²) in [6.07, 6.45) is 0. The number of anilines is 1. The number of halogens is 2. The number of hydrogen-bond donors (Lipinski definition) is 2. The summed E-state index contributed by atoms with van der Waals surface area (Å²) in [5.41, 5.74) is 7.05. The van der Waals surface area contributed by atoms with Crippen LogP contribution in [0.1, 0.15) is 11.6 Å². The van der Waals surface area contributed by atoms with Crippen LogP contribution < -0.4 is 10.6 Å². The molecule has 4 nitrogen and oxygen atoms in total. The first-order chi connectivity index (χ1) is 7.34. The van der Waals surface area contributed by atoms with Gasteiger partial charge in [0.2, 0.25) is 0 Å². The number of benzene rings is 1. The van der Waals surface area contributed by atoms with Gasteiger partial charge in [0.05, 0.1) is 5.69 Å². The summed E-state index contributed by atoms with van der Waals surface area (Å²) >= 11 is 6.79. The smallest absolute Gasteiger partial charge is 0.325 e. The fourth-order valence-electron chi connectivity index (χ4n) is 1.33. The summed E-state index contributed by atoms with van der Waals surface area (Å²) in [4.78, 5) is 12.7. The molecule has 0 radical (unpaired) electrons. The third-order valence-electron chi connectivity index (χ3n) is 2.11. The highest BCUT2D eigenvalue weighted by Gasteiger charge is 2.18. The molecule has 0 heterocycles. The van der Waals surface area contributed by atoms with Gasteiger partial charge in [-0.1, -0.05) is 0 Å². The standard InChI is InChI=1S/C10H12Br2N2O2/c1-14(2)9-6(11)3-5(4-7(9)12)8(13)10(15)16/h3-4,8H,13H2,1-2H3,(H,15,16). The molecule has 0 amide bonds. The van der Waals surface area contributed by atoms with E-state index in [0.29, 0.717) is 5.56 Å². The zero-order valence-corrected chi connectivity index (χ0v) is 12.0. The van der Waals surface area contributed by atoms with Crippen molar-refractivity contribution in [3.8, 4) is 0 Å². The van der Waals surface area contributed by atoms with Crippen molar-refractivity contribution >= 4 is 43.5 Å². The first kappa shape index (κ1) is 13.5. The van der Waals surface area contributed by atoms with Crippen molar-refractivity contribution in [2.75, 3.05) is 19.0 Å². The molecule has 0 bridgehead atoms. The molecule has 0 aromatic heterocycles. The summed E-state index contributed by atoms with van der Waals surface area (Å²) in [5.74, 6) is -1.04. The molecule has 16 heavy (non-hydrogen) atoms. The van der Waals surface area contributed by atoms with Crippen LogP contribution in [0.5, 0.6) is 0 Å². The van der Waals surface area contributed by atoms with Crippen molar-refractivity contribution in [2.45, 2.75) is 6.04 Å². The van der Waals surface area contributed by atoms with E-state index in [0.717, 1.165) is 14.6 Å². The van der Waals surface area contributed by atoms with Crippen LogP contribution in [0.3, 0.4) is 0 Å². The van der Waals surface area contributed by atoms with E-state index in [-0.39, 0.29) is 0 Å². The monoisotopic (exact) mass is 350 g/mol. The second-order valence-corrected chi connectivity index (χ2v) is 5.25. The molecule has 1 aromatic carbocycles. The Labute approximate surface area is 111 Å². The molecule has 0 spiro atoms. The van der Waals surface area contributed by atoms with Gasteiger partial charge in [-0.3, -0.25) is 4.79 Å². The molecular weight excluding hydrogens is 340 g/mol. The van der Waals surface area contributed by atoms with Crippen LogP contribution in [-0.4, -0.2) is 25.2 Å². The Morgan fingerprint density at radius 1 is 1.38 bits per heavy atom. The van der Waals surface area contributed by atoms with Gasteiger partial charge in [0, 0.05) is 23.0 Å². The first-order valence-electron chi connectivity index (χ1n) is 4.49. The highest BCUT2D eigenvalue weighted by atomic mass is 79.9. The highest BCUT2D eigenvalue weighted by Crippen LogP contribution is 2.35. The Morgan fingerprint density at radius 3 is 2.12 bits per heavy atom. The van der Waals surface area contributed by atoms with Gasteiger partial charge in [-0.15, -0.1) is 0 Å². The average Bonchev–Trinajstić information content (AvgIpc) is 2.14. The van der Waals surface area contributed by atoms with Crippen molar-refractivity contribution < 1.29 is 9.90 Å². The number of rotatable bonds is 3. The number of nitrogens with zero attached hydrogens (tertiary/aromatic N) is 1. The Kier molecular flexibility index (Phi) is 4.35. The fourth-order valence-corrected chi connectivity index (χ4v) is 3.27. The number of aliphatic carboxylic acids is 1. The maximum atomic E-state index is 10.8. The first-order valence-corrected chi connectivity index (χ1v) is 6.08. The van der Waals surface area contributed by atoms with Gasteiger partial charge in [-0.25, -0.2) is 0 Å². The van der Waals surface area contributed by atoms with E-state index in [4.69, 9.17) is 10.8 Å². The van der Waals surface area contributed by atoms with Crippen LogP contribution in [0.25, 0.3) is 0 Å². The summed E-state index contributed by atoms with van der Waals surface area (Å²) in [6, 6.07) is 2.43. The minimum absolute atomic E-state index is 0.553. The van der Waals surface area contributed by atoms with E-state index in [1.807, 2.05) is 19.0 Å². The van der Waals surface area contributed by atoms with E-state index >= 15 is 0 Å². The fraction of sp³-hybridized carbons (Fsp3) is 0.300. The van der Waals surface area contributed by atoms with Crippen molar-refractivity contribution in [3.05, 3.63) is 26.6 Å². The van der Waals surface area contributed by atoms with Crippen LogP contribution in [0, 0.1) is 0 Å². The SMILES string of the molecule is CN(C)c1c(Br)cc(C(N)C(=O)O)cc1Br. The molecule has 1 rings (SSSR count). The third-order valence-corrected chi connectivity index (χ3v) is 3.32. The molecule has 0 aliphatic heterocycles. The Morgan fingerprint density at radius 2 is 1.81 bits per heavy atom. The van der Waals surface area contributed by atoms with Crippen molar-refractivity contribution in [3.63, 3.8) is 0 Å². The van der Waals surface area contributed by atoms with E-state index in [1.165, 1.54) is 0 Å². The molecule has 1 aromatic rings. The lowest BCUT2D eigenvalue weighted by atomic mass is 10.1. The number of carboxylic acid groups (broad SMARTS) is 1. The molecule has 6 heteroatoms. The predicted molar refractivity (Wildman–Crippen MR) is 70.7 cm³/mol. The molecule has 0 aliphatic carbocycles. The molecule has 0 saturated carbocycles. The molecule has 0 fully saturated rings. The summed E-state index contributed by atoms with van der Waals surface area (Å²) < 4.78 is 1.61. The molecule has 0 aliphatic rings. The molecular formula is C10H12Br2N2O2. The number of carboxylic acids is 1. The van der Waals surface area contributed by atoms with E-state index in [9.17, 15) is 4.79 Å². The number of nitrogens with two attached hydrogens (primary N) is 1. The predicted octanol–water partition coefficient (Wildman–Crippen LogP) is 2.36. The van der Waals surface area contributed by atoms with Crippen LogP contribution in [-0.2, 0) is 4.79 Å². The Bertz CT molecular complexity index is 398. The second-order valence-electron chi connectivity index (χ2n) is 3.54. The lowest BCUT2D eigenvalue weighted by Gasteiger charge is -2.18. The lowest BCUT2D eigenvalue weighted by Crippen LogP contribution is -2.21. The van der Waals surface area contributed by atoms with Gasteiger partial charge < -0.3 is 15.7 Å². The summed E-state index contributed by atoms with van der Waals surface area (Å²) in [7, 11) is 3.81. The number of hydrogen-bond acceptors (Lipinski definition) is 3. The van der Waals surface area contributed by atoms with Crippen LogP contribution >= 0.6 is 31.9 Å². The maximum Gasteiger partial charge on any atom is 0.325 e. The topological polar surface area (TPSA) is 66.6 Å². The van der Waals surface area contributed by atoms with Crippen LogP contribution in [0.15, 0.2) is 21.1 Å². The van der Waals surface area contributed by atoms with Gasteiger partial charge in [0.15, 0.2) is 0 Å². The minimum atomic E-state index is -1.04. The zero-order chi connectivity index (χ0) is 12.5. The van der Waals surface area contributed by atoms with Crippen LogP contribution in [0.2, 0.25) is 0 Å². The van der Waals surface area contributed by atoms with E-state index < -0.39 is 12.0 Å². The molecule has 1 unspecified atom stereocenters. The lowest BCUT2D eigenvalue weighted by molar-refractivity contribution is -0.138.